The first kappa shape index (κ1) is 13.1. The van der Waals surface area contributed by atoms with Crippen LogP contribution in [0.25, 0.3) is 0 Å². The fraction of sp³-hybridized carbons (Fsp3) is 0.769. The van der Waals surface area contributed by atoms with E-state index in [9.17, 15) is 4.79 Å². The zero-order valence-corrected chi connectivity index (χ0v) is 11.2. The lowest BCUT2D eigenvalue weighted by atomic mass is 10.1. The molecule has 1 aromatic heterocycles. The van der Waals surface area contributed by atoms with E-state index in [2.05, 4.69) is 29.0 Å². The SMILES string of the molecule is CC(C)CCN(C(=O)c1ncn[nH]1)C1CCCC1. The Labute approximate surface area is 108 Å². The predicted molar refractivity (Wildman–Crippen MR) is 69.1 cm³/mol. The van der Waals surface area contributed by atoms with Crippen LogP contribution in [0.15, 0.2) is 6.33 Å². The van der Waals surface area contributed by atoms with Crippen LogP contribution >= 0.6 is 0 Å². The second kappa shape index (κ2) is 5.98. The van der Waals surface area contributed by atoms with Gasteiger partial charge in [0.2, 0.25) is 5.82 Å². The number of amides is 1. The quantitative estimate of drug-likeness (QED) is 0.871. The molecule has 2 rings (SSSR count). The van der Waals surface area contributed by atoms with Crippen molar-refractivity contribution in [2.75, 3.05) is 6.54 Å². The van der Waals surface area contributed by atoms with Gasteiger partial charge in [0.25, 0.3) is 5.91 Å². The standard InChI is InChI=1S/C13H22N4O/c1-10(2)7-8-17(11-5-3-4-6-11)13(18)12-14-9-15-16-12/h9-11H,3-8H2,1-2H3,(H,14,15,16). The highest BCUT2D eigenvalue weighted by Gasteiger charge is 2.28. The van der Waals surface area contributed by atoms with Gasteiger partial charge in [0, 0.05) is 12.6 Å². The van der Waals surface area contributed by atoms with Crippen molar-refractivity contribution >= 4 is 5.91 Å². The second-order valence-corrected chi connectivity index (χ2v) is 5.45. The number of aromatic amines is 1. The van der Waals surface area contributed by atoms with E-state index in [0.29, 0.717) is 17.8 Å². The number of hydrogen-bond acceptors (Lipinski definition) is 3. The summed E-state index contributed by atoms with van der Waals surface area (Å²) in [7, 11) is 0. The molecule has 1 heterocycles. The second-order valence-electron chi connectivity index (χ2n) is 5.45. The molecule has 0 spiro atoms. The lowest BCUT2D eigenvalue weighted by Crippen LogP contribution is -2.40. The van der Waals surface area contributed by atoms with E-state index < -0.39 is 0 Å². The molecule has 0 radical (unpaired) electrons. The van der Waals surface area contributed by atoms with Crippen molar-refractivity contribution in [2.24, 2.45) is 5.92 Å². The van der Waals surface area contributed by atoms with Crippen molar-refractivity contribution in [1.29, 1.82) is 0 Å². The molecule has 1 amide bonds. The van der Waals surface area contributed by atoms with Crippen LogP contribution in [0.5, 0.6) is 0 Å². The number of carbonyl (C=O) groups excluding carboxylic acids is 1. The lowest BCUT2D eigenvalue weighted by Gasteiger charge is -2.28. The monoisotopic (exact) mass is 250 g/mol. The molecule has 0 saturated heterocycles. The maximum Gasteiger partial charge on any atom is 0.291 e. The molecular formula is C13H22N4O. The highest BCUT2D eigenvalue weighted by Crippen LogP contribution is 2.25. The molecule has 1 aliphatic carbocycles. The first-order chi connectivity index (χ1) is 8.68. The molecule has 1 saturated carbocycles. The van der Waals surface area contributed by atoms with Gasteiger partial charge in [-0.15, -0.1) is 0 Å². The topological polar surface area (TPSA) is 61.9 Å². The van der Waals surface area contributed by atoms with E-state index in [4.69, 9.17) is 0 Å². The normalized spacial score (nSPS) is 16.4. The van der Waals surface area contributed by atoms with Crippen LogP contribution in [0.2, 0.25) is 0 Å². The van der Waals surface area contributed by atoms with Crippen LogP contribution in [0, 0.1) is 5.92 Å². The van der Waals surface area contributed by atoms with Gasteiger partial charge in [0.1, 0.15) is 6.33 Å². The van der Waals surface area contributed by atoms with Crippen LogP contribution in [0.4, 0.5) is 0 Å². The smallest absolute Gasteiger partial charge is 0.291 e. The largest absolute Gasteiger partial charge is 0.333 e. The van der Waals surface area contributed by atoms with Crippen molar-refractivity contribution < 1.29 is 4.79 Å². The van der Waals surface area contributed by atoms with Gasteiger partial charge in [-0.3, -0.25) is 9.89 Å². The summed E-state index contributed by atoms with van der Waals surface area (Å²) in [6.07, 6.45) is 7.13. The minimum absolute atomic E-state index is 0.0000463. The summed E-state index contributed by atoms with van der Waals surface area (Å²) >= 11 is 0. The van der Waals surface area contributed by atoms with Crippen molar-refractivity contribution in [2.45, 2.75) is 52.0 Å². The van der Waals surface area contributed by atoms with Gasteiger partial charge < -0.3 is 4.90 Å². The summed E-state index contributed by atoms with van der Waals surface area (Å²) in [4.78, 5) is 18.4. The molecule has 1 fully saturated rings. The minimum Gasteiger partial charge on any atom is -0.333 e. The average molecular weight is 250 g/mol. The fourth-order valence-corrected chi connectivity index (χ4v) is 2.51. The molecule has 5 nitrogen and oxygen atoms in total. The molecule has 0 aromatic carbocycles. The maximum atomic E-state index is 12.4. The first-order valence-corrected chi connectivity index (χ1v) is 6.85. The van der Waals surface area contributed by atoms with Gasteiger partial charge in [-0.1, -0.05) is 26.7 Å². The van der Waals surface area contributed by atoms with Crippen molar-refractivity contribution in [3.63, 3.8) is 0 Å². The van der Waals surface area contributed by atoms with Crippen LogP contribution < -0.4 is 0 Å². The van der Waals surface area contributed by atoms with Crippen molar-refractivity contribution in [3.05, 3.63) is 12.2 Å². The van der Waals surface area contributed by atoms with Crippen LogP contribution in [0.1, 0.15) is 56.6 Å². The summed E-state index contributed by atoms with van der Waals surface area (Å²) in [5.74, 6) is 0.974. The van der Waals surface area contributed by atoms with Crippen LogP contribution in [-0.4, -0.2) is 38.6 Å². The zero-order chi connectivity index (χ0) is 13.0. The van der Waals surface area contributed by atoms with Crippen molar-refractivity contribution in [3.8, 4) is 0 Å². The van der Waals surface area contributed by atoms with Gasteiger partial charge in [0.05, 0.1) is 0 Å². The molecule has 5 heteroatoms. The zero-order valence-electron chi connectivity index (χ0n) is 11.2. The Morgan fingerprint density at radius 3 is 2.78 bits per heavy atom. The highest BCUT2D eigenvalue weighted by atomic mass is 16.2. The number of nitrogens with one attached hydrogen (secondary N) is 1. The van der Waals surface area contributed by atoms with E-state index in [-0.39, 0.29) is 5.91 Å². The average Bonchev–Trinajstić information content (AvgIpc) is 3.01. The van der Waals surface area contributed by atoms with Gasteiger partial charge >= 0.3 is 0 Å². The maximum absolute atomic E-state index is 12.4. The Morgan fingerprint density at radius 2 is 2.22 bits per heavy atom. The van der Waals surface area contributed by atoms with E-state index in [1.165, 1.54) is 19.2 Å². The summed E-state index contributed by atoms with van der Waals surface area (Å²) in [6, 6.07) is 0.390. The van der Waals surface area contributed by atoms with Crippen molar-refractivity contribution in [1.82, 2.24) is 20.1 Å². The van der Waals surface area contributed by atoms with E-state index in [0.717, 1.165) is 25.8 Å². The third kappa shape index (κ3) is 3.09. The molecule has 0 bridgehead atoms. The molecule has 100 valence electrons. The Balaban J connectivity index is 2.05. The third-order valence-electron chi connectivity index (χ3n) is 3.59. The summed E-state index contributed by atoms with van der Waals surface area (Å²) in [5.41, 5.74) is 0. The summed E-state index contributed by atoms with van der Waals surface area (Å²) in [6.45, 7) is 5.19. The van der Waals surface area contributed by atoms with Gasteiger partial charge in [-0.2, -0.15) is 5.10 Å². The lowest BCUT2D eigenvalue weighted by molar-refractivity contribution is 0.0659. The highest BCUT2D eigenvalue weighted by molar-refractivity contribution is 5.90. The minimum atomic E-state index is 0.0000463. The Kier molecular flexibility index (Phi) is 4.33. The molecule has 0 aliphatic heterocycles. The van der Waals surface area contributed by atoms with E-state index in [1.54, 1.807) is 0 Å². The van der Waals surface area contributed by atoms with Gasteiger partial charge in [-0.25, -0.2) is 4.98 Å². The Hall–Kier alpha value is -1.39. The van der Waals surface area contributed by atoms with E-state index in [1.807, 2.05) is 4.90 Å². The van der Waals surface area contributed by atoms with Crippen LogP contribution in [-0.2, 0) is 0 Å². The van der Waals surface area contributed by atoms with Gasteiger partial charge in [-0.05, 0) is 25.2 Å². The Bertz CT molecular complexity index is 368. The Morgan fingerprint density at radius 1 is 1.50 bits per heavy atom. The molecular weight excluding hydrogens is 228 g/mol. The first-order valence-electron chi connectivity index (χ1n) is 6.85. The molecule has 0 atom stereocenters. The number of H-pyrrole nitrogens is 1. The molecule has 18 heavy (non-hydrogen) atoms. The molecule has 1 N–H and O–H groups in total. The predicted octanol–water partition coefficient (Wildman–Crippen LogP) is 2.24. The van der Waals surface area contributed by atoms with Gasteiger partial charge in [0.15, 0.2) is 0 Å². The fourth-order valence-electron chi connectivity index (χ4n) is 2.51. The summed E-state index contributed by atoms with van der Waals surface area (Å²) < 4.78 is 0. The number of aromatic nitrogens is 3. The number of nitrogens with zero attached hydrogens (tertiary/aromatic N) is 3. The third-order valence-corrected chi connectivity index (χ3v) is 3.59. The molecule has 1 aliphatic rings. The number of hydrogen-bond donors (Lipinski definition) is 1. The molecule has 1 aromatic rings. The van der Waals surface area contributed by atoms with Crippen LogP contribution in [0.3, 0.4) is 0 Å². The number of rotatable bonds is 5. The summed E-state index contributed by atoms with van der Waals surface area (Å²) in [5, 5.41) is 6.44. The van der Waals surface area contributed by atoms with E-state index >= 15 is 0 Å². The molecule has 0 unspecified atom stereocenters. The number of carbonyl (C=O) groups is 1.